The molecule has 3 atom stereocenters. The van der Waals surface area contributed by atoms with Gasteiger partial charge in [0.1, 0.15) is 0 Å². The van der Waals surface area contributed by atoms with E-state index >= 15 is 0 Å². The van der Waals surface area contributed by atoms with E-state index in [1.54, 1.807) is 4.90 Å². The third-order valence-corrected chi connectivity index (χ3v) is 4.93. The topological polar surface area (TPSA) is 99.4 Å². The van der Waals surface area contributed by atoms with E-state index in [1.807, 2.05) is 0 Å². The summed E-state index contributed by atoms with van der Waals surface area (Å²) in [5, 5.41) is 22.9. The minimum Gasteiger partial charge on any atom is -0.477 e. The largest absolute Gasteiger partial charge is 0.477 e. The van der Waals surface area contributed by atoms with Crippen molar-refractivity contribution in [3.8, 4) is 0 Å². The van der Waals surface area contributed by atoms with Gasteiger partial charge in [0.15, 0.2) is 5.71 Å². The molecule has 2 N–H and O–H groups in total. The molecule has 3 aliphatic rings. The van der Waals surface area contributed by atoms with Crippen molar-refractivity contribution in [2.45, 2.75) is 50.2 Å². The molecule has 0 spiro atoms. The molecule has 2 heterocycles. The van der Waals surface area contributed by atoms with Gasteiger partial charge >= 0.3 is 5.97 Å². The van der Waals surface area contributed by atoms with Crippen molar-refractivity contribution < 1.29 is 24.6 Å². The number of amides is 1. The predicted octanol–water partition coefficient (Wildman–Crippen LogP) is 0.369. The number of likely N-dealkylation sites (tertiary alicyclic amines) is 1. The molecule has 0 bridgehead atoms. The lowest BCUT2D eigenvalue weighted by molar-refractivity contribution is -0.153. The Morgan fingerprint density at radius 3 is 2.86 bits per heavy atom. The van der Waals surface area contributed by atoms with Crippen molar-refractivity contribution in [2.75, 3.05) is 13.1 Å². The lowest BCUT2D eigenvalue weighted by Crippen LogP contribution is -2.56. The zero-order chi connectivity index (χ0) is 15.0. The van der Waals surface area contributed by atoms with Gasteiger partial charge < -0.3 is 20.0 Å². The number of nitrogens with zero attached hydrogens (tertiary/aromatic N) is 2. The maximum Gasteiger partial charge on any atom is 0.353 e. The van der Waals surface area contributed by atoms with Crippen LogP contribution < -0.4 is 0 Å². The summed E-state index contributed by atoms with van der Waals surface area (Å²) < 4.78 is 0. The van der Waals surface area contributed by atoms with Crippen LogP contribution in [0.15, 0.2) is 5.16 Å². The second-order valence-corrected chi connectivity index (χ2v) is 6.22. The highest BCUT2D eigenvalue weighted by atomic mass is 16.6. The van der Waals surface area contributed by atoms with E-state index in [0.29, 0.717) is 19.5 Å². The average Bonchev–Trinajstić information content (AvgIpc) is 2.95. The number of rotatable bonds is 2. The molecule has 0 radical (unpaired) electrons. The number of aliphatic carboxylic acids is 1. The minimum atomic E-state index is -1.15. The normalized spacial score (nSPS) is 35.7. The zero-order valence-electron chi connectivity index (χ0n) is 11.8. The molecule has 116 valence electrons. The molecule has 3 unspecified atom stereocenters. The summed E-state index contributed by atoms with van der Waals surface area (Å²) >= 11 is 0. The first-order valence-corrected chi connectivity index (χ1v) is 7.47. The summed E-state index contributed by atoms with van der Waals surface area (Å²) in [7, 11) is 0. The minimum absolute atomic E-state index is 0.0135. The van der Waals surface area contributed by atoms with E-state index in [2.05, 4.69) is 5.16 Å². The average molecular weight is 296 g/mol. The number of carboxylic acids is 1. The number of fused-ring (bicyclic) bond motifs is 1. The quantitative estimate of drug-likeness (QED) is 0.767. The van der Waals surface area contributed by atoms with Crippen LogP contribution >= 0.6 is 0 Å². The highest BCUT2D eigenvalue weighted by molar-refractivity contribution is 6.36. The Hall–Kier alpha value is -1.63. The summed E-state index contributed by atoms with van der Waals surface area (Å²) in [6, 6.07) is 0. The van der Waals surface area contributed by atoms with Crippen LogP contribution in [0.3, 0.4) is 0 Å². The lowest BCUT2D eigenvalue weighted by Gasteiger charge is -2.47. The standard InChI is InChI=1S/C14H20N2O5/c17-12(11-7-10(13(18)19)15-21-11)16-6-5-14(20)4-2-1-3-9(14)8-16/h9,11,20H,1-8H2,(H,18,19). The highest BCUT2D eigenvalue weighted by Crippen LogP contribution is 2.40. The van der Waals surface area contributed by atoms with E-state index in [9.17, 15) is 14.7 Å². The van der Waals surface area contributed by atoms with Gasteiger partial charge in [0.05, 0.1) is 5.60 Å². The van der Waals surface area contributed by atoms with Gasteiger partial charge in [0, 0.05) is 25.4 Å². The third kappa shape index (κ3) is 2.62. The monoisotopic (exact) mass is 296 g/mol. The number of aliphatic hydroxyl groups is 1. The van der Waals surface area contributed by atoms with Crippen molar-refractivity contribution in [1.82, 2.24) is 4.90 Å². The molecular formula is C14H20N2O5. The maximum absolute atomic E-state index is 12.4. The molecule has 0 aromatic carbocycles. The Bertz CT molecular complexity index is 492. The first-order chi connectivity index (χ1) is 9.99. The summed E-state index contributed by atoms with van der Waals surface area (Å²) in [6.45, 7) is 1.02. The van der Waals surface area contributed by atoms with Crippen molar-refractivity contribution in [3.05, 3.63) is 0 Å². The van der Waals surface area contributed by atoms with Gasteiger partial charge in [0.25, 0.3) is 5.91 Å². The number of hydrogen-bond acceptors (Lipinski definition) is 5. The van der Waals surface area contributed by atoms with Crippen molar-refractivity contribution in [1.29, 1.82) is 0 Å². The van der Waals surface area contributed by atoms with Crippen LogP contribution in [0.25, 0.3) is 0 Å². The van der Waals surface area contributed by atoms with E-state index in [4.69, 9.17) is 9.94 Å². The third-order valence-electron chi connectivity index (χ3n) is 4.93. The van der Waals surface area contributed by atoms with E-state index in [1.165, 1.54) is 0 Å². The smallest absolute Gasteiger partial charge is 0.353 e. The van der Waals surface area contributed by atoms with Gasteiger partial charge in [-0.3, -0.25) is 4.79 Å². The van der Waals surface area contributed by atoms with Crippen LogP contribution in [0.5, 0.6) is 0 Å². The number of oxime groups is 1. The maximum atomic E-state index is 12.4. The lowest BCUT2D eigenvalue weighted by atomic mass is 9.71. The van der Waals surface area contributed by atoms with Crippen LogP contribution in [-0.4, -0.2) is 57.5 Å². The van der Waals surface area contributed by atoms with Gasteiger partial charge in [-0.05, 0) is 19.3 Å². The molecule has 0 aromatic heterocycles. The number of carbonyl (C=O) groups excluding carboxylic acids is 1. The zero-order valence-corrected chi connectivity index (χ0v) is 11.8. The Morgan fingerprint density at radius 2 is 2.14 bits per heavy atom. The SMILES string of the molecule is O=C(O)C1=NOC(C(=O)N2CCC3(O)CCCCC3C2)C1. The highest BCUT2D eigenvalue weighted by Gasteiger charge is 2.45. The fourth-order valence-electron chi connectivity index (χ4n) is 3.61. The van der Waals surface area contributed by atoms with Gasteiger partial charge in [-0.2, -0.15) is 0 Å². The fourth-order valence-corrected chi connectivity index (χ4v) is 3.61. The number of carboxylic acid groups (broad SMARTS) is 1. The Kier molecular flexibility index (Phi) is 3.61. The van der Waals surface area contributed by atoms with E-state index in [-0.39, 0.29) is 24.0 Å². The van der Waals surface area contributed by atoms with Crippen LogP contribution in [0.1, 0.15) is 38.5 Å². The fraction of sp³-hybridized carbons (Fsp3) is 0.786. The molecular weight excluding hydrogens is 276 g/mol. The van der Waals surface area contributed by atoms with Crippen LogP contribution in [0.4, 0.5) is 0 Å². The van der Waals surface area contributed by atoms with Gasteiger partial charge in [-0.15, -0.1) is 0 Å². The molecule has 1 amide bonds. The van der Waals surface area contributed by atoms with Crippen molar-refractivity contribution >= 4 is 17.6 Å². The number of carbonyl (C=O) groups is 2. The molecule has 2 aliphatic heterocycles. The van der Waals surface area contributed by atoms with Crippen LogP contribution in [-0.2, 0) is 14.4 Å². The Labute approximate surface area is 122 Å². The Morgan fingerprint density at radius 1 is 1.33 bits per heavy atom. The second kappa shape index (κ2) is 5.29. The number of piperidine rings is 1. The molecule has 2 fully saturated rings. The van der Waals surface area contributed by atoms with Crippen molar-refractivity contribution in [3.63, 3.8) is 0 Å². The summed E-state index contributed by atoms with van der Waals surface area (Å²) in [5.74, 6) is -1.25. The molecule has 1 saturated carbocycles. The molecule has 7 heteroatoms. The molecule has 0 aromatic rings. The molecule has 1 saturated heterocycles. The molecule has 1 aliphatic carbocycles. The molecule has 21 heavy (non-hydrogen) atoms. The van der Waals surface area contributed by atoms with E-state index in [0.717, 1.165) is 25.7 Å². The Balaban J connectivity index is 1.61. The van der Waals surface area contributed by atoms with E-state index < -0.39 is 17.7 Å². The summed E-state index contributed by atoms with van der Waals surface area (Å²) in [4.78, 5) is 29.9. The summed E-state index contributed by atoms with van der Waals surface area (Å²) in [5.41, 5.74) is -0.742. The molecule has 3 rings (SSSR count). The van der Waals surface area contributed by atoms with Gasteiger partial charge in [-0.1, -0.05) is 18.0 Å². The number of hydrogen-bond donors (Lipinski definition) is 2. The van der Waals surface area contributed by atoms with Crippen LogP contribution in [0, 0.1) is 5.92 Å². The summed E-state index contributed by atoms with van der Waals surface area (Å²) in [6.07, 6.45) is 3.64. The first-order valence-electron chi connectivity index (χ1n) is 7.47. The molecule has 7 nitrogen and oxygen atoms in total. The van der Waals surface area contributed by atoms with Gasteiger partial charge in [0.2, 0.25) is 6.10 Å². The first kappa shape index (κ1) is 14.3. The predicted molar refractivity (Wildman–Crippen MR) is 72.7 cm³/mol. The van der Waals surface area contributed by atoms with Crippen LogP contribution in [0.2, 0.25) is 0 Å². The van der Waals surface area contributed by atoms with Gasteiger partial charge in [-0.25, -0.2) is 4.79 Å². The second-order valence-electron chi connectivity index (χ2n) is 6.22. The van der Waals surface area contributed by atoms with Crippen molar-refractivity contribution in [2.24, 2.45) is 11.1 Å².